The first kappa shape index (κ1) is 15.6. The minimum Gasteiger partial charge on any atom is -0.358 e. The molecule has 0 saturated heterocycles. The number of benzene rings is 1. The Labute approximate surface area is 155 Å². The third-order valence-electron chi connectivity index (χ3n) is 5.48. The first-order chi connectivity index (χ1) is 12.5. The van der Waals surface area contributed by atoms with E-state index in [9.17, 15) is 4.79 Å². The van der Waals surface area contributed by atoms with Gasteiger partial charge < -0.3 is 10.3 Å². The van der Waals surface area contributed by atoms with Crippen molar-refractivity contribution in [2.75, 3.05) is 0 Å². The molecular weight excluding hydrogens is 344 g/mol. The van der Waals surface area contributed by atoms with Crippen LogP contribution in [0.5, 0.6) is 0 Å². The number of rotatable bonds is 1. The highest BCUT2D eigenvalue weighted by Crippen LogP contribution is 2.38. The highest BCUT2D eigenvalue weighted by Gasteiger charge is 2.31. The number of nitrogens with one attached hydrogen (secondary N) is 2. The van der Waals surface area contributed by atoms with Crippen molar-refractivity contribution in [3.63, 3.8) is 0 Å². The van der Waals surface area contributed by atoms with Crippen molar-refractivity contribution < 1.29 is 4.79 Å². The summed E-state index contributed by atoms with van der Waals surface area (Å²) in [5.74, 6) is 0.0587. The molecule has 4 heterocycles. The summed E-state index contributed by atoms with van der Waals surface area (Å²) < 4.78 is 2.18. The molecule has 6 heteroatoms. The van der Waals surface area contributed by atoms with Crippen LogP contribution in [-0.4, -0.2) is 20.3 Å². The van der Waals surface area contributed by atoms with E-state index in [0.717, 1.165) is 21.9 Å². The van der Waals surface area contributed by atoms with E-state index >= 15 is 0 Å². The Balaban J connectivity index is 1.81. The number of fused-ring (bicyclic) bond motifs is 4. The Hall–Kier alpha value is -2.60. The number of para-hydroxylation sites is 1. The SMILES string of the molecule is Cc1cn2c3c(nc2s1)CNC(=O)C[C@H]3c1cccc2c(C)c(C)[nH]c12. The Bertz CT molecular complexity index is 1180. The Morgan fingerprint density at radius 1 is 1.27 bits per heavy atom. The number of H-pyrrole nitrogens is 1. The van der Waals surface area contributed by atoms with Crippen LogP contribution in [0.4, 0.5) is 0 Å². The third kappa shape index (κ3) is 2.15. The molecule has 0 radical (unpaired) electrons. The molecule has 3 aromatic heterocycles. The number of thiazole rings is 1. The smallest absolute Gasteiger partial charge is 0.221 e. The molecule has 1 aliphatic rings. The fourth-order valence-electron chi connectivity index (χ4n) is 4.11. The molecule has 0 fully saturated rings. The van der Waals surface area contributed by atoms with Crippen LogP contribution in [0.2, 0.25) is 0 Å². The zero-order valence-electron chi connectivity index (χ0n) is 15.0. The van der Waals surface area contributed by atoms with E-state index in [1.807, 2.05) is 0 Å². The summed E-state index contributed by atoms with van der Waals surface area (Å²) in [4.78, 5) is 23.0. The maximum atomic E-state index is 12.4. The topological polar surface area (TPSA) is 62.2 Å². The minimum atomic E-state index is -0.0161. The molecule has 1 aromatic carbocycles. The lowest BCUT2D eigenvalue weighted by Crippen LogP contribution is -2.21. The van der Waals surface area contributed by atoms with E-state index in [2.05, 4.69) is 59.9 Å². The average molecular weight is 364 g/mol. The number of carbonyl (C=O) groups is 1. The molecule has 5 rings (SSSR count). The van der Waals surface area contributed by atoms with Gasteiger partial charge in [-0.05, 0) is 31.9 Å². The monoisotopic (exact) mass is 364 g/mol. The maximum absolute atomic E-state index is 12.4. The van der Waals surface area contributed by atoms with Crippen LogP contribution in [0.25, 0.3) is 15.9 Å². The molecule has 26 heavy (non-hydrogen) atoms. The van der Waals surface area contributed by atoms with Gasteiger partial charge in [0.15, 0.2) is 4.96 Å². The molecule has 0 unspecified atom stereocenters. The van der Waals surface area contributed by atoms with Gasteiger partial charge in [0.1, 0.15) is 0 Å². The number of hydrogen-bond donors (Lipinski definition) is 2. The van der Waals surface area contributed by atoms with E-state index in [1.54, 1.807) is 11.3 Å². The quantitative estimate of drug-likeness (QED) is 0.537. The minimum absolute atomic E-state index is 0.0161. The van der Waals surface area contributed by atoms with Gasteiger partial charge in [-0.25, -0.2) is 4.98 Å². The number of nitrogens with zero attached hydrogens (tertiary/aromatic N) is 2. The van der Waals surface area contributed by atoms with E-state index in [0.29, 0.717) is 13.0 Å². The van der Waals surface area contributed by atoms with Gasteiger partial charge in [0.2, 0.25) is 5.91 Å². The molecule has 132 valence electrons. The molecule has 1 aliphatic heterocycles. The van der Waals surface area contributed by atoms with Crippen LogP contribution in [-0.2, 0) is 11.3 Å². The van der Waals surface area contributed by atoms with Crippen molar-refractivity contribution in [1.82, 2.24) is 19.7 Å². The normalized spacial score (nSPS) is 17.5. The molecule has 0 aliphatic carbocycles. The van der Waals surface area contributed by atoms with Gasteiger partial charge in [0.25, 0.3) is 0 Å². The van der Waals surface area contributed by atoms with E-state index in [1.165, 1.54) is 27.1 Å². The second-order valence-electron chi connectivity index (χ2n) is 7.12. The molecule has 0 saturated carbocycles. The van der Waals surface area contributed by atoms with Gasteiger partial charge in [-0.1, -0.05) is 18.2 Å². The van der Waals surface area contributed by atoms with Gasteiger partial charge in [-0.2, -0.15) is 0 Å². The molecule has 2 N–H and O–H groups in total. The van der Waals surface area contributed by atoms with Crippen LogP contribution in [0.3, 0.4) is 0 Å². The standard InChI is InChI=1S/C20H20N4OS/c1-10-9-24-19-15(7-17(25)21-8-16(19)23-20(24)26-10)14-6-4-5-13-11(2)12(3)22-18(13)14/h4-6,9,15,22H,7-8H2,1-3H3,(H,21,25)/t15-/m0/s1. The van der Waals surface area contributed by atoms with Crippen LogP contribution in [0.1, 0.15) is 45.4 Å². The van der Waals surface area contributed by atoms with Gasteiger partial charge in [-0.15, -0.1) is 11.3 Å². The molecule has 0 bridgehead atoms. The highest BCUT2D eigenvalue weighted by atomic mass is 32.1. The van der Waals surface area contributed by atoms with Gasteiger partial charge in [0.05, 0.1) is 17.9 Å². The van der Waals surface area contributed by atoms with Crippen molar-refractivity contribution in [1.29, 1.82) is 0 Å². The zero-order valence-corrected chi connectivity index (χ0v) is 15.8. The zero-order chi connectivity index (χ0) is 18.0. The number of amides is 1. The molecule has 1 amide bonds. The maximum Gasteiger partial charge on any atom is 0.221 e. The molecule has 1 atom stereocenters. The van der Waals surface area contributed by atoms with Crippen LogP contribution >= 0.6 is 11.3 Å². The predicted molar refractivity (Wildman–Crippen MR) is 104 cm³/mol. The van der Waals surface area contributed by atoms with Gasteiger partial charge >= 0.3 is 0 Å². The number of hydrogen-bond acceptors (Lipinski definition) is 3. The summed E-state index contributed by atoms with van der Waals surface area (Å²) in [6.07, 6.45) is 2.58. The summed E-state index contributed by atoms with van der Waals surface area (Å²) in [7, 11) is 0. The number of aromatic nitrogens is 3. The van der Waals surface area contributed by atoms with Crippen molar-refractivity contribution >= 4 is 33.1 Å². The van der Waals surface area contributed by atoms with Crippen molar-refractivity contribution in [3.8, 4) is 0 Å². The van der Waals surface area contributed by atoms with E-state index in [4.69, 9.17) is 4.98 Å². The number of aromatic amines is 1. The van der Waals surface area contributed by atoms with Crippen molar-refractivity contribution in [2.45, 2.75) is 39.7 Å². The number of carbonyl (C=O) groups excluding carboxylic acids is 1. The van der Waals surface area contributed by atoms with Crippen molar-refractivity contribution in [2.24, 2.45) is 0 Å². The van der Waals surface area contributed by atoms with Crippen molar-refractivity contribution in [3.05, 3.63) is 57.5 Å². The largest absolute Gasteiger partial charge is 0.358 e. The Kier molecular flexibility index (Phi) is 3.28. The van der Waals surface area contributed by atoms with Crippen LogP contribution in [0.15, 0.2) is 24.4 Å². The average Bonchev–Trinajstić information content (AvgIpc) is 3.18. The summed E-state index contributed by atoms with van der Waals surface area (Å²) in [6.45, 7) is 6.84. The number of aryl methyl sites for hydroxylation is 3. The number of imidazole rings is 1. The second-order valence-corrected chi connectivity index (χ2v) is 8.33. The third-order valence-corrected chi connectivity index (χ3v) is 6.38. The first-order valence-electron chi connectivity index (χ1n) is 8.84. The van der Waals surface area contributed by atoms with Crippen LogP contribution < -0.4 is 5.32 Å². The van der Waals surface area contributed by atoms with Crippen LogP contribution in [0, 0.1) is 20.8 Å². The molecule has 0 spiro atoms. The van der Waals surface area contributed by atoms with Gasteiger partial charge in [0, 0.05) is 40.0 Å². The Morgan fingerprint density at radius 3 is 2.96 bits per heavy atom. The molecular formula is C20H20N4OS. The molecule has 4 aromatic rings. The Morgan fingerprint density at radius 2 is 2.12 bits per heavy atom. The lowest BCUT2D eigenvalue weighted by molar-refractivity contribution is -0.121. The van der Waals surface area contributed by atoms with E-state index in [-0.39, 0.29) is 11.8 Å². The van der Waals surface area contributed by atoms with E-state index < -0.39 is 0 Å². The summed E-state index contributed by atoms with van der Waals surface area (Å²) >= 11 is 1.69. The lowest BCUT2D eigenvalue weighted by atomic mass is 9.90. The summed E-state index contributed by atoms with van der Waals surface area (Å²) in [6, 6.07) is 6.39. The molecule has 5 nitrogen and oxygen atoms in total. The summed E-state index contributed by atoms with van der Waals surface area (Å²) in [5, 5.41) is 4.24. The lowest BCUT2D eigenvalue weighted by Gasteiger charge is -2.16. The predicted octanol–water partition coefficient (Wildman–Crippen LogP) is 3.95. The summed E-state index contributed by atoms with van der Waals surface area (Å²) in [5.41, 5.74) is 6.86. The second kappa shape index (κ2) is 5.45. The van der Waals surface area contributed by atoms with Gasteiger partial charge in [-0.3, -0.25) is 9.20 Å². The fraction of sp³-hybridized carbons (Fsp3) is 0.300. The highest BCUT2D eigenvalue weighted by molar-refractivity contribution is 7.17. The fourth-order valence-corrected chi connectivity index (χ4v) is 4.96. The first-order valence-corrected chi connectivity index (χ1v) is 9.66.